The van der Waals surface area contributed by atoms with Crippen molar-refractivity contribution < 1.29 is 17.9 Å². The Morgan fingerprint density at radius 3 is 2.74 bits per heavy atom. The van der Waals surface area contributed by atoms with E-state index in [1.165, 1.54) is 29.7 Å². The molecule has 23 heavy (non-hydrogen) atoms. The average molecular weight is 333 g/mol. The fourth-order valence-electron chi connectivity index (χ4n) is 2.42. The zero-order valence-electron chi connectivity index (χ0n) is 12.4. The molecule has 2 aromatic rings. The minimum absolute atomic E-state index is 0.141. The van der Waals surface area contributed by atoms with Crippen LogP contribution in [0.2, 0.25) is 0 Å². The number of carbonyl (C=O) groups excluding carboxylic acids is 1. The lowest BCUT2D eigenvalue weighted by Gasteiger charge is -2.19. The first-order chi connectivity index (χ1) is 11.0. The molecule has 0 aliphatic carbocycles. The molecule has 0 fully saturated rings. The summed E-state index contributed by atoms with van der Waals surface area (Å²) in [5.41, 5.74) is 1.68. The van der Waals surface area contributed by atoms with Crippen molar-refractivity contribution in [2.75, 3.05) is 18.0 Å². The molecular formula is C15H15N3O4S. The van der Waals surface area contributed by atoms with E-state index in [4.69, 9.17) is 4.74 Å². The van der Waals surface area contributed by atoms with E-state index in [9.17, 15) is 13.2 Å². The van der Waals surface area contributed by atoms with Crippen LogP contribution in [0, 0.1) is 0 Å². The van der Waals surface area contributed by atoms with Crippen LogP contribution < -0.4 is 13.8 Å². The molecule has 1 N–H and O–H groups in total. The van der Waals surface area contributed by atoms with Crippen molar-refractivity contribution in [1.29, 1.82) is 0 Å². The summed E-state index contributed by atoms with van der Waals surface area (Å²) in [7, 11) is -2.51. The smallest absolute Gasteiger partial charge is 0.326 e. The minimum atomic E-state index is -3.96. The highest BCUT2D eigenvalue weighted by Gasteiger charge is 2.30. The zero-order chi connectivity index (χ0) is 16.4. The molecular weight excluding hydrogens is 318 g/mol. The topological polar surface area (TPSA) is 88.6 Å². The number of fused-ring (bicyclic) bond motifs is 1. The van der Waals surface area contributed by atoms with E-state index in [2.05, 4.69) is 9.71 Å². The number of amides is 1. The van der Waals surface area contributed by atoms with Gasteiger partial charge in [-0.2, -0.15) is 8.42 Å². The number of rotatable bonds is 4. The summed E-state index contributed by atoms with van der Waals surface area (Å²) in [5.74, 6) is -0.387. The number of nitrogens with zero attached hydrogens (tertiary/aromatic N) is 2. The molecule has 1 aliphatic rings. The lowest BCUT2D eigenvalue weighted by Crippen LogP contribution is -2.42. The van der Waals surface area contributed by atoms with Crippen molar-refractivity contribution in [2.45, 2.75) is 6.42 Å². The van der Waals surface area contributed by atoms with Gasteiger partial charge in [0.25, 0.3) is 5.91 Å². The lowest BCUT2D eigenvalue weighted by atomic mass is 10.2. The number of nitrogens with one attached hydrogen (secondary N) is 1. The summed E-state index contributed by atoms with van der Waals surface area (Å²) in [4.78, 5) is 16.0. The molecule has 0 unspecified atom stereocenters. The first-order valence-corrected chi connectivity index (χ1v) is 8.38. The maximum atomic E-state index is 12.5. The number of aromatic nitrogens is 1. The van der Waals surface area contributed by atoms with Crippen LogP contribution in [0.25, 0.3) is 0 Å². The van der Waals surface area contributed by atoms with Crippen molar-refractivity contribution in [3.8, 4) is 5.88 Å². The van der Waals surface area contributed by atoms with Crippen LogP contribution in [0.3, 0.4) is 0 Å². The summed E-state index contributed by atoms with van der Waals surface area (Å²) in [6.45, 7) is 0.308. The van der Waals surface area contributed by atoms with Gasteiger partial charge in [0.05, 0.1) is 18.4 Å². The summed E-state index contributed by atoms with van der Waals surface area (Å²) in [5, 5.41) is 0. The Labute approximate surface area is 134 Å². The molecule has 7 nitrogen and oxygen atoms in total. The Balaban J connectivity index is 1.80. The van der Waals surface area contributed by atoms with Crippen LogP contribution in [0.1, 0.15) is 15.9 Å². The lowest BCUT2D eigenvalue weighted by molar-refractivity contribution is 0.0981. The highest BCUT2D eigenvalue weighted by Crippen LogP contribution is 2.29. The largest absolute Gasteiger partial charge is 0.481 e. The van der Waals surface area contributed by atoms with Crippen LogP contribution in [0.15, 0.2) is 42.6 Å². The summed E-state index contributed by atoms with van der Waals surface area (Å²) in [6.07, 6.45) is 1.89. The van der Waals surface area contributed by atoms with Crippen molar-refractivity contribution in [3.63, 3.8) is 0 Å². The second-order valence-electron chi connectivity index (χ2n) is 4.98. The molecule has 0 atom stereocenters. The van der Waals surface area contributed by atoms with Gasteiger partial charge in [0.15, 0.2) is 0 Å². The Morgan fingerprint density at radius 2 is 2.04 bits per heavy atom. The summed E-state index contributed by atoms with van der Waals surface area (Å²) >= 11 is 0. The van der Waals surface area contributed by atoms with Crippen molar-refractivity contribution in [1.82, 2.24) is 9.71 Å². The van der Waals surface area contributed by atoms with Gasteiger partial charge in [0, 0.05) is 18.8 Å². The van der Waals surface area contributed by atoms with Crippen LogP contribution in [-0.4, -0.2) is 33.0 Å². The van der Waals surface area contributed by atoms with Crippen LogP contribution in [0.5, 0.6) is 5.88 Å². The SMILES string of the molecule is COc1ccc(C(=O)NS(=O)(=O)N2CCc3ccccc32)cn1. The third kappa shape index (κ3) is 2.98. The minimum Gasteiger partial charge on any atom is -0.481 e. The van der Waals surface area contributed by atoms with Crippen molar-refractivity contribution >= 4 is 21.8 Å². The second kappa shape index (κ2) is 5.88. The fraction of sp³-hybridized carbons (Fsp3) is 0.200. The quantitative estimate of drug-likeness (QED) is 0.906. The van der Waals surface area contributed by atoms with E-state index >= 15 is 0 Å². The number of para-hydroxylation sites is 1. The Kier molecular flexibility index (Phi) is 3.91. The fourth-order valence-corrected chi connectivity index (χ4v) is 3.66. The predicted octanol–water partition coefficient (Wildman–Crippen LogP) is 1.13. The third-order valence-corrected chi connectivity index (χ3v) is 4.97. The first-order valence-electron chi connectivity index (χ1n) is 6.94. The van der Waals surface area contributed by atoms with E-state index in [-0.39, 0.29) is 5.56 Å². The van der Waals surface area contributed by atoms with Gasteiger partial charge in [-0.15, -0.1) is 0 Å². The Bertz CT molecular complexity index is 834. The normalized spacial score (nSPS) is 13.5. The number of benzene rings is 1. The third-order valence-electron chi connectivity index (χ3n) is 3.56. The number of carbonyl (C=O) groups is 1. The average Bonchev–Trinajstić information content (AvgIpc) is 2.99. The monoisotopic (exact) mass is 333 g/mol. The molecule has 0 bridgehead atoms. The van der Waals surface area contributed by atoms with Gasteiger partial charge in [-0.1, -0.05) is 18.2 Å². The zero-order valence-corrected chi connectivity index (χ0v) is 13.2. The van der Waals surface area contributed by atoms with Gasteiger partial charge in [0.1, 0.15) is 0 Å². The molecule has 1 aliphatic heterocycles. The van der Waals surface area contributed by atoms with Gasteiger partial charge in [-0.25, -0.2) is 9.71 Å². The van der Waals surface area contributed by atoms with Gasteiger partial charge < -0.3 is 4.74 Å². The predicted molar refractivity (Wildman–Crippen MR) is 84.7 cm³/mol. The standard InChI is InChI=1S/C15H15N3O4S/c1-22-14-7-6-12(10-16-14)15(19)17-23(20,21)18-9-8-11-4-2-3-5-13(11)18/h2-7,10H,8-9H2,1H3,(H,17,19). The molecule has 2 heterocycles. The van der Waals surface area contributed by atoms with Gasteiger partial charge in [-0.05, 0) is 24.1 Å². The van der Waals surface area contributed by atoms with E-state index < -0.39 is 16.1 Å². The molecule has 0 spiro atoms. The maximum Gasteiger partial charge on any atom is 0.326 e. The van der Waals surface area contributed by atoms with E-state index in [0.717, 1.165) is 5.56 Å². The Morgan fingerprint density at radius 1 is 1.26 bits per heavy atom. The number of hydrogen-bond acceptors (Lipinski definition) is 5. The molecule has 8 heteroatoms. The Hall–Kier alpha value is -2.61. The molecule has 1 aromatic heterocycles. The highest BCUT2D eigenvalue weighted by atomic mass is 32.2. The van der Waals surface area contributed by atoms with E-state index in [0.29, 0.717) is 24.5 Å². The molecule has 3 rings (SSSR count). The summed E-state index contributed by atoms with van der Waals surface area (Å²) in [6, 6.07) is 10.2. The van der Waals surface area contributed by atoms with Crippen LogP contribution in [-0.2, 0) is 16.6 Å². The van der Waals surface area contributed by atoms with E-state index in [1.807, 2.05) is 12.1 Å². The number of ether oxygens (including phenoxy) is 1. The van der Waals surface area contributed by atoms with Crippen LogP contribution in [0.4, 0.5) is 5.69 Å². The van der Waals surface area contributed by atoms with Gasteiger partial charge >= 0.3 is 10.2 Å². The molecule has 1 aromatic carbocycles. The van der Waals surface area contributed by atoms with Gasteiger partial charge in [0.2, 0.25) is 5.88 Å². The first kappa shape index (κ1) is 15.3. The van der Waals surface area contributed by atoms with Crippen LogP contribution >= 0.6 is 0 Å². The molecule has 0 radical (unpaired) electrons. The van der Waals surface area contributed by atoms with Crippen molar-refractivity contribution in [3.05, 3.63) is 53.7 Å². The molecule has 1 amide bonds. The molecule has 0 saturated carbocycles. The number of hydrogen-bond donors (Lipinski definition) is 1. The van der Waals surface area contributed by atoms with Gasteiger partial charge in [-0.3, -0.25) is 9.10 Å². The highest BCUT2D eigenvalue weighted by molar-refractivity contribution is 7.91. The molecule has 120 valence electrons. The maximum absolute atomic E-state index is 12.5. The second-order valence-corrected chi connectivity index (χ2v) is 6.57. The molecule has 0 saturated heterocycles. The van der Waals surface area contributed by atoms with Crippen molar-refractivity contribution in [2.24, 2.45) is 0 Å². The summed E-state index contributed by atoms with van der Waals surface area (Å²) < 4.78 is 33.1. The number of pyridine rings is 1. The number of methoxy groups -OCH3 is 1. The number of anilines is 1. The van der Waals surface area contributed by atoms with E-state index in [1.54, 1.807) is 12.1 Å².